The van der Waals surface area contributed by atoms with Crippen molar-refractivity contribution < 1.29 is 4.42 Å². The van der Waals surface area contributed by atoms with E-state index in [2.05, 4.69) is 190 Å². The molecule has 2 aliphatic heterocycles. The summed E-state index contributed by atoms with van der Waals surface area (Å²) in [6.45, 7) is 11.6. The molecule has 7 aromatic carbocycles. The summed E-state index contributed by atoms with van der Waals surface area (Å²) in [6, 6.07) is 53.5. The number of benzene rings is 7. The van der Waals surface area contributed by atoms with Crippen LogP contribution in [0.4, 0.5) is 28.4 Å². The maximum absolute atomic E-state index is 7.01. The summed E-state index contributed by atoms with van der Waals surface area (Å²) in [4.78, 5) is 2.59. The quantitative estimate of drug-likeness (QED) is 0.183. The first-order valence-electron chi connectivity index (χ1n) is 19.6. The molecule has 9 aromatic rings. The van der Waals surface area contributed by atoms with E-state index in [1.807, 2.05) is 11.3 Å². The van der Waals surface area contributed by atoms with Crippen LogP contribution < -0.4 is 20.5 Å². The van der Waals surface area contributed by atoms with Crippen LogP contribution in [0.25, 0.3) is 54.3 Å². The Hall–Kier alpha value is -6.04. The van der Waals surface area contributed by atoms with Gasteiger partial charge in [-0.2, -0.15) is 0 Å². The topological polar surface area (TPSA) is 28.4 Å². The molecule has 5 heteroatoms. The van der Waals surface area contributed by atoms with Gasteiger partial charge in [0, 0.05) is 54.3 Å². The molecular weight excluding hydrogens is 699 g/mol. The van der Waals surface area contributed by atoms with E-state index in [0.717, 1.165) is 46.2 Å². The highest BCUT2D eigenvalue weighted by Crippen LogP contribution is 2.53. The summed E-state index contributed by atoms with van der Waals surface area (Å²) >= 11 is 1.92. The van der Waals surface area contributed by atoms with Gasteiger partial charge < -0.3 is 14.6 Å². The maximum Gasteiger partial charge on any atom is 0.211 e. The van der Waals surface area contributed by atoms with Crippen molar-refractivity contribution in [2.45, 2.75) is 45.4 Å². The number of nitrogens with zero attached hydrogens (tertiary/aromatic N) is 1. The summed E-state index contributed by atoms with van der Waals surface area (Å²) in [5, 5.41) is 7.49. The van der Waals surface area contributed by atoms with E-state index in [0.29, 0.717) is 0 Å². The Morgan fingerprint density at radius 2 is 1.39 bits per heavy atom. The summed E-state index contributed by atoms with van der Waals surface area (Å²) < 4.78 is 9.67. The minimum Gasteiger partial charge on any atom is -0.455 e. The van der Waals surface area contributed by atoms with Crippen LogP contribution >= 0.6 is 11.3 Å². The van der Waals surface area contributed by atoms with Gasteiger partial charge in [0.25, 0.3) is 0 Å². The fourth-order valence-corrected chi connectivity index (χ4v) is 10.6. The second-order valence-electron chi connectivity index (χ2n) is 17.0. The summed E-state index contributed by atoms with van der Waals surface area (Å²) in [5.41, 5.74) is 17.5. The molecule has 2 aliphatic rings. The Kier molecular flexibility index (Phi) is 7.13. The molecular formula is C51H41BN2OS. The van der Waals surface area contributed by atoms with Crippen molar-refractivity contribution in [2.24, 2.45) is 0 Å². The number of hydrogen-bond donors (Lipinski definition) is 1. The van der Waals surface area contributed by atoms with E-state index in [4.69, 9.17) is 4.42 Å². The lowest BCUT2D eigenvalue weighted by Gasteiger charge is -2.38. The van der Waals surface area contributed by atoms with Gasteiger partial charge in [-0.25, -0.2) is 0 Å². The molecule has 0 bridgehead atoms. The molecule has 270 valence electrons. The van der Waals surface area contributed by atoms with Crippen molar-refractivity contribution in [1.82, 2.24) is 0 Å². The molecule has 1 N–H and O–H groups in total. The van der Waals surface area contributed by atoms with Crippen LogP contribution in [0.15, 0.2) is 150 Å². The Labute approximate surface area is 332 Å². The van der Waals surface area contributed by atoms with Gasteiger partial charge in [-0.15, -0.1) is 11.3 Å². The average molecular weight is 741 g/mol. The number of furan rings is 1. The van der Waals surface area contributed by atoms with E-state index < -0.39 is 0 Å². The lowest BCUT2D eigenvalue weighted by Crippen LogP contribution is -2.39. The second kappa shape index (κ2) is 12.0. The monoisotopic (exact) mass is 740 g/mol. The molecule has 0 aliphatic carbocycles. The highest BCUT2D eigenvalue weighted by molar-refractivity contribution is 7.29. The number of anilines is 5. The van der Waals surface area contributed by atoms with Gasteiger partial charge in [-0.05, 0) is 74.3 Å². The van der Waals surface area contributed by atoms with E-state index in [9.17, 15) is 0 Å². The van der Waals surface area contributed by atoms with Gasteiger partial charge >= 0.3 is 0 Å². The Morgan fingerprint density at radius 1 is 0.661 bits per heavy atom. The molecule has 3 nitrogen and oxygen atoms in total. The van der Waals surface area contributed by atoms with Crippen LogP contribution in [0.2, 0.25) is 0 Å². The summed E-state index contributed by atoms with van der Waals surface area (Å²) in [5.74, 6) is 0. The largest absolute Gasteiger partial charge is 0.455 e. The minimum absolute atomic E-state index is 0.0110. The van der Waals surface area contributed by atoms with Crippen LogP contribution in [0.5, 0.6) is 0 Å². The number of nitrogens with one attached hydrogen (secondary N) is 1. The predicted molar refractivity (Wildman–Crippen MR) is 242 cm³/mol. The van der Waals surface area contributed by atoms with E-state index >= 15 is 0 Å². The molecule has 0 unspecified atom stereocenters. The number of thiophene rings is 1. The zero-order valence-electron chi connectivity index (χ0n) is 32.3. The number of rotatable bonds is 3. The zero-order chi connectivity index (χ0) is 37.9. The standard InChI is InChI=1S/C51H41BN2OS/c1-50(2,3)31-26-27-40(35(28-31)30-16-7-6-8-17-30)54-41-29-36-32-18-9-13-24-42(32)55-48(36)44(45(41)52-49-47(54)33-19-10-14-25-43(33)56-49)34-20-15-22-38-46(34)53-39-23-12-11-21-37(39)51(38,4)5/h6-29,52-53H,1-5H3. The molecule has 56 heavy (non-hydrogen) atoms. The molecule has 0 fully saturated rings. The summed E-state index contributed by atoms with van der Waals surface area (Å²) in [7, 11) is 0.799. The van der Waals surface area contributed by atoms with Crippen molar-refractivity contribution in [3.05, 3.63) is 162 Å². The molecule has 4 heterocycles. The van der Waals surface area contributed by atoms with Gasteiger partial charge in [-0.3, -0.25) is 0 Å². The van der Waals surface area contributed by atoms with Crippen molar-refractivity contribution in [3.63, 3.8) is 0 Å². The van der Waals surface area contributed by atoms with Gasteiger partial charge in [0.1, 0.15) is 11.2 Å². The molecule has 0 saturated carbocycles. The van der Waals surface area contributed by atoms with E-state index in [-0.39, 0.29) is 10.8 Å². The smallest absolute Gasteiger partial charge is 0.211 e. The van der Waals surface area contributed by atoms with Crippen molar-refractivity contribution >= 4 is 89.3 Å². The fraction of sp³-hybridized carbons (Fsp3) is 0.137. The third-order valence-electron chi connectivity index (χ3n) is 12.2. The molecule has 0 atom stereocenters. The lowest BCUT2D eigenvalue weighted by atomic mass is 9.61. The van der Waals surface area contributed by atoms with Crippen LogP contribution in [0.1, 0.15) is 51.3 Å². The lowest BCUT2D eigenvalue weighted by molar-refractivity contribution is 0.590. The Balaban J connectivity index is 1.28. The van der Waals surface area contributed by atoms with Crippen LogP contribution in [0.3, 0.4) is 0 Å². The number of fused-ring (bicyclic) bond motifs is 9. The SMILES string of the molecule is CC(C)(C)c1ccc(N2c3cc4c(oc5ccccc54)c(-c4cccc5c4Nc4ccccc4C5(C)C)c3Bc3sc4ccccc4c32)c(-c2ccccc2)c1. The third-order valence-corrected chi connectivity index (χ3v) is 13.4. The predicted octanol–water partition coefficient (Wildman–Crippen LogP) is 13.0. The van der Waals surface area contributed by atoms with Crippen molar-refractivity contribution in [1.29, 1.82) is 0 Å². The fourth-order valence-electron chi connectivity index (χ4n) is 9.40. The number of hydrogen-bond acceptors (Lipinski definition) is 4. The first kappa shape index (κ1) is 33.3. The first-order chi connectivity index (χ1) is 27.2. The first-order valence-corrected chi connectivity index (χ1v) is 20.5. The Morgan fingerprint density at radius 3 is 2.23 bits per heavy atom. The minimum atomic E-state index is -0.195. The normalized spacial score (nSPS) is 14.2. The second-order valence-corrected chi connectivity index (χ2v) is 18.1. The number of para-hydroxylation sites is 3. The Bertz CT molecular complexity index is 3060. The van der Waals surface area contributed by atoms with Crippen LogP contribution in [0, 0.1) is 0 Å². The molecule has 0 radical (unpaired) electrons. The van der Waals surface area contributed by atoms with Crippen molar-refractivity contribution in [2.75, 3.05) is 10.2 Å². The average Bonchev–Trinajstić information content (AvgIpc) is 3.77. The molecule has 0 amide bonds. The molecule has 0 saturated heterocycles. The van der Waals surface area contributed by atoms with E-state index in [1.54, 1.807) is 0 Å². The van der Waals surface area contributed by atoms with Gasteiger partial charge in [0.15, 0.2) is 0 Å². The molecule has 2 aromatic heterocycles. The molecule has 0 spiro atoms. The zero-order valence-corrected chi connectivity index (χ0v) is 33.1. The van der Waals surface area contributed by atoms with Gasteiger partial charge in [-0.1, -0.05) is 144 Å². The maximum atomic E-state index is 7.01. The third kappa shape index (κ3) is 4.83. The summed E-state index contributed by atoms with van der Waals surface area (Å²) in [6.07, 6.45) is 0. The van der Waals surface area contributed by atoms with Crippen LogP contribution in [-0.4, -0.2) is 7.28 Å². The van der Waals surface area contributed by atoms with E-state index in [1.165, 1.54) is 70.8 Å². The van der Waals surface area contributed by atoms with Gasteiger partial charge in [0.2, 0.25) is 7.28 Å². The highest BCUT2D eigenvalue weighted by atomic mass is 32.1. The van der Waals surface area contributed by atoms with Gasteiger partial charge in [0.05, 0.1) is 17.1 Å². The highest BCUT2D eigenvalue weighted by Gasteiger charge is 2.38. The van der Waals surface area contributed by atoms with Crippen molar-refractivity contribution in [3.8, 4) is 22.3 Å². The molecule has 11 rings (SSSR count). The van der Waals surface area contributed by atoms with Crippen LogP contribution in [-0.2, 0) is 10.8 Å².